The zero-order valence-corrected chi connectivity index (χ0v) is 10.6. The fourth-order valence-corrected chi connectivity index (χ4v) is 2.49. The Morgan fingerprint density at radius 1 is 1.38 bits per heavy atom. The van der Waals surface area contributed by atoms with Gasteiger partial charge in [0.2, 0.25) is 5.91 Å². The van der Waals surface area contributed by atoms with Crippen molar-refractivity contribution in [2.75, 3.05) is 27.2 Å². The SMILES string of the molecule is CC1CCNC(CN(C)C)C(=O)N1C1CC1. The number of carbonyl (C=O) groups is 1. The summed E-state index contributed by atoms with van der Waals surface area (Å²) in [5, 5.41) is 3.37. The van der Waals surface area contributed by atoms with E-state index in [-0.39, 0.29) is 6.04 Å². The van der Waals surface area contributed by atoms with Crippen LogP contribution in [0.15, 0.2) is 0 Å². The van der Waals surface area contributed by atoms with Gasteiger partial charge in [0.1, 0.15) is 0 Å². The van der Waals surface area contributed by atoms with Crippen molar-refractivity contribution >= 4 is 5.91 Å². The molecule has 1 aliphatic carbocycles. The van der Waals surface area contributed by atoms with Gasteiger partial charge in [-0.2, -0.15) is 0 Å². The lowest BCUT2D eigenvalue weighted by atomic mass is 10.2. The summed E-state index contributed by atoms with van der Waals surface area (Å²) in [4.78, 5) is 16.6. The first kappa shape index (κ1) is 11.9. The lowest BCUT2D eigenvalue weighted by Crippen LogP contribution is -2.50. The summed E-state index contributed by atoms with van der Waals surface area (Å²) >= 11 is 0. The maximum atomic E-state index is 12.4. The van der Waals surface area contributed by atoms with Crippen molar-refractivity contribution in [3.8, 4) is 0 Å². The van der Waals surface area contributed by atoms with Gasteiger partial charge in [-0.1, -0.05) is 0 Å². The molecule has 4 heteroatoms. The molecule has 1 N–H and O–H groups in total. The molecule has 1 aliphatic heterocycles. The van der Waals surface area contributed by atoms with Crippen LogP contribution in [0.1, 0.15) is 26.2 Å². The van der Waals surface area contributed by atoms with Crippen LogP contribution in [0.4, 0.5) is 0 Å². The Labute approximate surface area is 98.0 Å². The Morgan fingerprint density at radius 3 is 2.62 bits per heavy atom. The summed E-state index contributed by atoms with van der Waals surface area (Å²) in [7, 11) is 4.04. The highest BCUT2D eigenvalue weighted by Gasteiger charge is 2.39. The average molecular weight is 225 g/mol. The first-order valence-electron chi connectivity index (χ1n) is 6.30. The van der Waals surface area contributed by atoms with Gasteiger partial charge in [0.15, 0.2) is 0 Å². The number of likely N-dealkylation sites (N-methyl/N-ethyl adjacent to an activating group) is 1. The predicted molar refractivity (Wildman–Crippen MR) is 64.3 cm³/mol. The topological polar surface area (TPSA) is 35.6 Å². The average Bonchev–Trinajstić information content (AvgIpc) is 2.98. The van der Waals surface area contributed by atoms with Crippen molar-refractivity contribution in [1.82, 2.24) is 15.1 Å². The lowest BCUT2D eigenvalue weighted by Gasteiger charge is -2.30. The van der Waals surface area contributed by atoms with Crippen LogP contribution in [0.3, 0.4) is 0 Å². The van der Waals surface area contributed by atoms with Gasteiger partial charge in [0.25, 0.3) is 0 Å². The van der Waals surface area contributed by atoms with Gasteiger partial charge in [-0.3, -0.25) is 4.79 Å². The van der Waals surface area contributed by atoms with Crippen molar-refractivity contribution in [1.29, 1.82) is 0 Å². The number of nitrogens with one attached hydrogen (secondary N) is 1. The van der Waals surface area contributed by atoms with Gasteiger partial charge < -0.3 is 15.1 Å². The van der Waals surface area contributed by atoms with Crippen LogP contribution in [0.5, 0.6) is 0 Å². The van der Waals surface area contributed by atoms with E-state index in [2.05, 4.69) is 22.0 Å². The zero-order valence-electron chi connectivity index (χ0n) is 10.6. The number of hydrogen-bond acceptors (Lipinski definition) is 3. The molecule has 2 unspecified atom stereocenters. The summed E-state index contributed by atoms with van der Waals surface area (Å²) in [5.74, 6) is 0.307. The molecule has 2 rings (SSSR count). The number of nitrogens with zero attached hydrogens (tertiary/aromatic N) is 2. The number of hydrogen-bond donors (Lipinski definition) is 1. The van der Waals surface area contributed by atoms with E-state index in [1.165, 1.54) is 12.8 Å². The Hall–Kier alpha value is -0.610. The molecule has 2 fully saturated rings. The van der Waals surface area contributed by atoms with E-state index in [0.29, 0.717) is 18.0 Å². The molecular formula is C12H23N3O. The van der Waals surface area contributed by atoms with Crippen LogP contribution in [0.25, 0.3) is 0 Å². The summed E-state index contributed by atoms with van der Waals surface area (Å²) in [6, 6.07) is 0.923. The summed E-state index contributed by atoms with van der Waals surface area (Å²) in [5.41, 5.74) is 0. The highest BCUT2D eigenvalue weighted by Crippen LogP contribution is 2.30. The van der Waals surface area contributed by atoms with E-state index in [4.69, 9.17) is 0 Å². The van der Waals surface area contributed by atoms with Gasteiger partial charge in [-0.05, 0) is 46.8 Å². The molecule has 2 atom stereocenters. The molecule has 1 saturated heterocycles. The lowest BCUT2D eigenvalue weighted by molar-refractivity contribution is -0.135. The molecule has 1 heterocycles. The molecule has 4 nitrogen and oxygen atoms in total. The van der Waals surface area contributed by atoms with Crippen molar-refractivity contribution in [2.24, 2.45) is 0 Å². The molecule has 0 radical (unpaired) electrons. The van der Waals surface area contributed by atoms with E-state index in [9.17, 15) is 4.79 Å². The highest BCUT2D eigenvalue weighted by atomic mass is 16.2. The monoisotopic (exact) mass is 225 g/mol. The van der Waals surface area contributed by atoms with Crippen molar-refractivity contribution in [2.45, 2.75) is 44.3 Å². The Kier molecular flexibility index (Phi) is 3.50. The smallest absolute Gasteiger partial charge is 0.241 e. The molecule has 1 amide bonds. The van der Waals surface area contributed by atoms with Gasteiger partial charge in [-0.25, -0.2) is 0 Å². The number of carbonyl (C=O) groups excluding carboxylic acids is 1. The Bertz CT molecular complexity index is 263. The Balaban J connectivity index is 2.06. The van der Waals surface area contributed by atoms with Crippen LogP contribution in [-0.4, -0.2) is 61.0 Å². The van der Waals surface area contributed by atoms with Crippen molar-refractivity contribution < 1.29 is 4.79 Å². The third kappa shape index (κ3) is 2.55. The van der Waals surface area contributed by atoms with E-state index in [1.807, 2.05) is 14.1 Å². The Morgan fingerprint density at radius 2 is 2.06 bits per heavy atom. The van der Waals surface area contributed by atoms with Crippen LogP contribution in [0.2, 0.25) is 0 Å². The van der Waals surface area contributed by atoms with Crippen LogP contribution < -0.4 is 5.32 Å². The van der Waals surface area contributed by atoms with E-state index < -0.39 is 0 Å². The summed E-state index contributed by atoms with van der Waals surface area (Å²) in [6.45, 7) is 3.93. The predicted octanol–water partition coefficient (Wildman–Crippen LogP) is 0.289. The van der Waals surface area contributed by atoms with Crippen LogP contribution >= 0.6 is 0 Å². The largest absolute Gasteiger partial charge is 0.336 e. The molecule has 0 aromatic carbocycles. The minimum Gasteiger partial charge on any atom is -0.336 e. The third-order valence-electron chi connectivity index (χ3n) is 3.47. The molecule has 16 heavy (non-hydrogen) atoms. The van der Waals surface area contributed by atoms with Crippen LogP contribution in [0, 0.1) is 0 Å². The maximum Gasteiger partial charge on any atom is 0.241 e. The van der Waals surface area contributed by atoms with Gasteiger partial charge in [-0.15, -0.1) is 0 Å². The second kappa shape index (κ2) is 4.72. The summed E-state index contributed by atoms with van der Waals surface area (Å²) in [6.07, 6.45) is 3.47. The summed E-state index contributed by atoms with van der Waals surface area (Å²) < 4.78 is 0. The maximum absolute atomic E-state index is 12.4. The van der Waals surface area contributed by atoms with Crippen molar-refractivity contribution in [3.05, 3.63) is 0 Å². The zero-order chi connectivity index (χ0) is 11.7. The molecule has 0 aromatic heterocycles. The second-order valence-electron chi connectivity index (χ2n) is 5.38. The molecule has 1 saturated carbocycles. The molecule has 0 aromatic rings. The fraction of sp³-hybridized carbons (Fsp3) is 0.917. The fourth-order valence-electron chi connectivity index (χ4n) is 2.49. The molecule has 0 bridgehead atoms. The standard InChI is InChI=1S/C12H23N3O/c1-9-6-7-13-11(8-14(2)3)12(16)15(9)10-4-5-10/h9-11,13H,4-8H2,1-3H3. The number of rotatable bonds is 3. The molecule has 0 spiro atoms. The van der Waals surface area contributed by atoms with E-state index >= 15 is 0 Å². The van der Waals surface area contributed by atoms with Gasteiger partial charge >= 0.3 is 0 Å². The second-order valence-corrected chi connectivity index (χ2v) is 5.38. The van der Waals surface area contributed by atoms with Gasteiger partial charge in [0, 0.05) is 18.6 Å². The quantitative estimate of drug-likeness (QED) is 0.750. The minimum atomic E-state index is -0.0134. The number of amides is 1. The van der Waals surface area contributed by atoms with Crippen LogP contribution in [-0.2, 0) is 4.79 Å². The third-order valence-corrected chi connectivity index (χ3v) is 3.47. The molecule has 2 aliphatic rings. The first-order chi connectivity index (χ1) is 7.59. The minimum absolute atomic E-state index is 0.0134. The molecular weight excluding hydrogens is 202 g/mol. The molecule has 92 valence electrons. The first-order valence-corrected chi connectivity index (χ1v) is 6.30. The van der Waals surface area contributed by atoms with Gasteiger partial charge in [0.05, 0.1) is 6.04 Å². The highest BCUT2D eigenvalue weighted by molar-refractivity contribution is 5.83. The van der Waals surface area contributed by atoms with E-state index in [1.54, 1.807) is 0 Å². The normalized spacial score (nSPS) is 32.0. The van der Waals surface area contributed by atoms with Crippen molar-refractivity contribution in [3.63, 3.8) is 0 Å². The van der Waals surface area contributed by atoms with E-state index in [0.717, 1.165) is 19.5 Å².